The maximum absolute atomic E-state index is 14.7. The predicted molar refractivity (Wildman–Crippen MR) is 90.1 cm³/mol. The molecule has 0 aliphatic rings. The zero-order valence-electron chi connectivity index (χ0n) is 15.1. The molecule has 0 unspecified atom stereocenters. The lowest BCUT2D eigenvalue weighted by Gasteiger charge is -2.20. The Morgan fingerprint density at radius 3 is 1.10 bits per heavy atom. The van der Waals surface area contributed by atoms with Crippen molar-refractivity contribution < 1.29 is 48.6 Å². The Bertz CT molecular complexity index is 1060. The lowest BCUT2D eigenvalue weighted by atomic mass is 9.36. The summed E-state index contributed by atoms with van der Waals surface area (Å²) in [5.41, 5.74) is -5.38. The van der Waals surface area contributed by atoms with E-state index in [0.717, 1.165) is 7.11 Å². The molecule has 3 rings (SSSR count). The van der Waals surface area contributed by atoms with Crippen molar-refractivity contribution in [1.29, 1.82) is 0 Å². The lowest BCUT2D eigenvalue weighted by molar-refractivity contribution is 0.407. The van der Waals surface area contributed by atoms with Gasteiger partial charge in [0.1, 0.15) is 17.4 Å². The van der Waals surface area contributed by atoms with Crippen LogP contribution in [-0.4, -0.2) is 13.8 Å². The number of halogens is 10. The molecule has 1 nitrogen and oxygen atoms in total. The van der Waals surface area contributed by atoms with Crippen LogP contribution in [0, 0.1) is 58.2 Å². The van der Waals surface area contributed by atoms with Gasteiger partial charge in [0, 0.05) is 40.7 Å². The first kappa shape index (κ1) is 22.5. The van der Waals surface area contributed by atoms with E-state index in [0.29, 0.717) is 12.1 Å². The standard InChI is InChI=1S/C19H7BF10O/c1-31-6-2-7(21)13(8(22)3-6)20(14-16(27)9(23)4-10(24)17(14)28)15-18(29)11(25)5-12(26)19(15)30/h2-5H,1H3. The van der Waals surface area contributed by atoms with Crippen LogP contribution in [0.1, 0.15) is 0 Å². The molecule has 0 aliphatic heterocycles. The van der Waals surface area contributed by atoms with E-state index < -0.39 is 87.0 Å². The summed E-state index contributed by atoms with van der Waals surface area (Å²) in [4.78, 5) is 0. The second-order valence-corrected chi connectivity index (χ2v) is 6.20. The van der Waals surface area contributed by atoms with Gasteiger partial charge in [-0.25, -0.2) is 43.9 Å². The maximum atomic E-state index is 14.7. The first-order valence-corrected chi connectivity index (χ1v) is 8.18. The molecule has 0 amide bonds. The molecule has 0 aromatic heterocycles. The third kappa shape index (κ3) is 3.70. The van der Waals surface area contributed by atoms with Gasteiger partial charge in [0.2, 0.25) is 0 Å². The minimum atomic E-state index is -3.01. The summed E-state index contributed by atoms with van der Waals surface area (Å²) in [5.74, 6) is -21.5. The fourth-order valence-electron chi connectivity index (χ4n) is 3.08. The Hall–Kier alpha value is -3.18. The molecule has 0 atom stereocenters. The number of hydrogen-bond acceptors (Lipinski definition) is 1. The van der Waals surface area contributed by atoms with Crippen molar-refractivity contribution >= 4 is 23.1 Å². The summed E-state index contributed by atoms with van der Waals surface area (Å²) in [6.07, 6.45) is 0. The molecule has 0 heterocycles. The summed E-state index contributed by atoms with van der Waals surface area (Å²) in [7, 11) is 0.980. The molecule has 0 radical (unpaired) electrons. The van der Waals surface area contributed by atoms with E-state index in [1.54, 1.807) is 0 Å². The second kappa shape index (κ2) is 8.16. The van der Waals surface area contributed by atoms with Gasteiger partial charge in [0.15, 0.2) is 46.5 Å². The van der Waals surface area contributed by atoms with E-state index in [1.807, 2.05) is 0 Å². The molecule has 3 aromatic carbocycles. The van der Waals surface area contributed by atoms with Gasteiger partial charge in [-0.3, -0.25) is 0 Å². The molecule has 31 heavy (non-hydrogen) atoms. The van der Waals surface area contributed by atoms with Crippen LogP contribution in [0.15, 0.2) is 24.3 Å². The third-order valence-electron chi connectivity index (χ3n) is 4.45. The normalized spacial score (nSPS) is 11.1. The highest BCUT2D eigenvalue weighted by molar-refractivity contribution is 6.95. The SMILES string of the molecule is COc1cc(F)c(B(c2c(F)c(F)cc(F)c2F)c2c(F)c(F)cc(F)c2F)c(F)c1. The zero-order chi connectivity index (χ0) is 23.2. The van der Waals surface area contributed by atoms with Crippen LogP contribution in [-0.2, 0) is 0 Å². The molecule has 0 N–H and O–H groups in total. The highest BCUT2D eigenvalue weighted by Gasteiger charge is 2.41. The predicted octanol–water partition coefficient (Wildman–Crippen LogP) is 3.60. The number of hydrogen-bond donors (Lipinski definition) is 0. The molecule has 0 bridgehead atoms. The lowest BCUT2D eigenvalue weighted by Crippen LogP contribution is -2.59. The quantitative estimate of drug-likeness (QED) is 0.334. The first-order valence-electron chi connectivity index (χ1n) is 8.18. The molecular weight excluding hydrogens is 445 g/mol. The van der Waals surface area contributed by atoms with Crippen molar-refractivity contribution in [2.45, 2.75) is 0 Å². The van der Waals surface area contributed by atoms with E-state index >= 15 is 0 Å². The summed E-state index contributed by atoms with van der Waals surface area (Å²) in [5, 5.41) is 0. The van der Waals surface area contributed by atoms with Crippen molar-refractivity contribution in [3.63, 3.8) is 0 Å². The van der Waals surface area contributed by atoms with E-state index in [9.17, 15) is 43.9 Å². The van der Waals surface area contributed by atoms with Crippen LogP contribution < -0.4 is 21.1 Å². The average molecular weight is 452 g/mol. The van der Waals surface area contributed by atoms with Crippen molar-refractivity contribution in [2.24, 2.45) is 0 Å². The fraction of sp³-hybridized carbons (Fsp3) is 0.0526. The van der Waals surface area contributed by atoms with Crippen molar-refractivity contribution in [3.05, 3.63) is 82.4 Å². The van der Waals surface area contributed by atoms with Crippen LogP contribution in [0.4, 0.5) is 43.9 Å². The van der Waals surface area contributed by atoms with Gasteiger partial charge < -0.3 is 4.74 Å². The van der Waals surface area contributed by atoms with Gasteiger partial charge in [-0.15, -0.1) is 0 Å². The largest absolute Gasteiger partial charge is 0.497 e. The Labute approximate surface area is 168 Å². The number of ether oxygens (including phenoxy) is 1. The molecule has 0 saturated carbocycles. The molecule has 0 spiro atoms. The van der Waals surface area contributed by atoms with Gasteiger partial charge in [0.05, 0.1) is 7.11 Å². The average Bonchev–Trinajstić information content (AvgIpc) is 2.70. The van der Waals surface area contributed by atoms with Gasteiger partial charge in [-0.05, 0) is 0 Å². The summed E-state index contributed by atoms with van der Waals surface area (Å²) < 4.78 is 147. The maximum Gasteiger partial charge on any atom is 0.264 e. The minimum absolute atomic E-state index is 0.273. The van der Waals surface area contributed by atoms with E-state index in [-0.39, 0.29) is 12.1 Å². The monoisotopic (exact) mass is 452 g/mol. The summed E-state index contributed by atoms with van der Waals surface area (Å²) in [6, 6.07) is 0.292. The molecular formula is C19H7BF10O. The van der Waals surface area contributed by atoms with Gasteiger partial charge >= 0.3 is 0 Å². The van der Waals surface area contributed by atoms with Crippen LogP contribution in [0.2, 0.25) is 0 Å². The minimum Gasteiger partial charge on any atom is -0.497 e. The topological polar surface area (TPSA) is 9.23 Å². The van der Waals surface area contributed by atoms with Gasteiger partial charge in [-0.1, -0.05) is 0 Å². The Kier molecular flexibility index (Phi) is 5.92. The van der Waals surface area contributed by atoms with Crippen LogP contribution in [0.25, 0.3) is 0 Å². The molecule has 3 aromatic rings. The van der Waals surface area contributed by atoms with Gasteiger partial charge in [-0.2, -0.15) is 0 Å². The van der Waals surface area contributed by atoms with E-state index in [1.165, 1.54) is 0 Å². The van der Waals surface area contributed by atoms with E-state index in [2.05, 4.69) is 4.74 Å². The molecule has 0 saturated heterocycles. The first-order chi connectivity index (χ1) is 14.5. The smallest absolute Gasteiger partial charge is 0.264 e. The zero-order valence-corrected chi connectivity index (χ0v) is 15.1. The highest BCUT2D eigenvalue weighted by Crippen LogP contribution is 2.19. The van der Waals surface area contributed by atoms with Crippen molar-refractivity contribution in [2.75, 3.05) is 7.11 Å². The molecule has 12 heteroatoms. The third-order valence-corrected chi connectivity index (χ3v) is 4.45. The van der Waals surface area contributed by atoms with Crippen molar-refractivity contribution in [1.82, 2.24) is 0 Å². The van der Waals surface area contributed by atoms with Crippen LogP contribution >= 0.6 is 0 Å². The highest BCUT2D eigenvalue weighted by atomic mass is 19.2. The molecule has 0 fully saturated rings. The number of methoxy groups -OCH3 is 1. The van der Waals surface area contributed by atoms with E-state index in [4.69, 9.17) is 0 Å². The molecule has 162 valence electrons. The Balaban J connectivity index is 2.54. The Morgan fingerprint density at radius 2 is 0.806 bits per heavy atom. The van der Waals surface area contributed by atoms with Crippen molar-refractivity contribution in [3.8, 4) is 5.75 Å². The number of rotatable bonds is 4. The van der Waals surface area contributed by atoms with Crippen LogP contribution in [0.3, 0.4) is 0 Å². The van der Waals surface area contributed by atoms with Crippen LogP contribution in [0.5, 0.6) is 5.75 Å². The summed E-state index contributed by atoms with van der Waals surface area (Å²) in [6.45, 7) is -3.01. The molecule has 0 aliphatic carbocycles. The Morgan fingerprint density at radius 1 is 0.484 bits per heavy atom. The number of benzene rings is 3. The van der Waals surface area contributed by atoms with Gasteiger partial charge in [0.25, 0.3) is 6.71 Å². The summed E-state index contributed by atoms with van der Waals surface area (Å²) >= 11 is 0. The fourth-order valence-corrected chi connectivity index (χ4v) is 3.08. The second-order valence-electron chi connectivity index (χ2n) is 6.20.